The topological polar surface area (TPSA) is 19.0 Å². The van der Waals surface area contributed by atoms with E-state index < -0.39 is 0 Å². The van der Waals surface area contributed by atoms with Gasteiger partial charge in [0.2, 0.25) is 0 Å². The molecule has 1 aliphatic rings. The van der Waals surface area contributed by atoms with E-state index in [1.165, 1.54) is 42.5 Å². The van der Waals surface area contributed by atoms with Gasteiger partial charge in [-0.15, -0.1) is 0 Å². The fraction of sp³-hybridized carbons (Fsp3) is 0.467. The van der Waals surface area contributed by atoms with Crippen LogP contribution in [0.4, 0.5) is 0 Å². The number of hydrogen-bond donors (Lipinski definition) is 1. The minimum Gasteiger partial charge on any atom is -0.357 e. The summed E-state index contributed by atoms with van der Waals surface area (Å²) in [5.41, 5.74) is 4.27. The Bertz CT molecular complexity index is 527. The number of nitrogens with zero attached hydrogens (tertiary/aromatic N) is 1. The maximum absolute atomic E-state index is 3.61. The molecule has 90 valence electrons. The molecule has 0 amide bonds. The van der Waals surface area contributed by atoms with Crippen LogP contribution in [0.5, 0.6) is 0 Å². The third-order valence-corrected chi connectivity index (χ3v) is 3.97. The van der Waals surface area contributed by atoms with Gasteiger partial charge in [0.15, 0.2) is 0 Å². The Balaban J connectivity index is 2.06. The van der Waals surface area contributed by atoms with Crippen molar-refractivity contribution < 1.29 is 0 Å². The van der Waals surface area contributed by atoms with Crippen molar-refractivity contribution in [1.82, 2.24) is 9.88 Å². The molecule has 0 saturated heterocycles. The van der Waals surface area contributed by atoms with Crippen LogP contribution >= 0.6 is 0 Å². The fourth-order valence-electron chi connectivity index (χ4n) is 3.07. The number of H-pyrrole nitrogens is 1. The Labute approximate surface area is 103 Å². The van der Waals surface area contributed by atoms with Crippen LogP contribution in [-0.2, 0) is 6.42 Å². The maximum Gasteiger partial charge on any atom is 0.0473 e. The minimum absolute atomic E-state index is 0.533. The van der Waals surface area contributed by atoms with Crippen LogP contribution < -0.4 is 0 Å². The summed E-state index contributed by atoms with van der Waals surface area (Å²) < 4.78 is 0. The first-order valence-corrected chi connectivity index (χ1v) is 6.64. The summed E-state index contributed by atoms with van der Waals surface area (Å²) in [4.78, 5) is 6.19. The highest BCUT2D eigenvalue weighted by Gasteiger charge is 2.26. The average molecular weight is 228 g/mol. The van der Waals surface area contributed by atoms with E-state index >= 15 is 0 Å². The van der Waals surface area contributed by atoms with Crippen molar-refractivity contribution in [2.24, 2.45) is 0 Å². The van der Waals surface area contributed by atoms with E-state index in [-0.39, 0.29) is 0 Å². The summed E-state index contributed by atoms with van der Waals surface area (Å²) in [7, 11) is 0. The predicted molar refractivity (Wildman–Crippen MR) is 72.3 cm³/mol. The summed E-state index contributed by atoms with van der Waals surface area (Å²) in [6, 6.07) is 9.21. The van der Waals surface area contributed by atoms with Crippen LogP contribution in [0.1, 0.15) is 37.6 Å². The second kappa shape index (κ2) is 4.19. The van der Waals surface area contributed by atoms with E-state index in [1.807, 2.05) is 0 Å². The highest BCUT2D eigenvalue weighted by Crippen LogP contribution is 2.33. The zero-order valence-corrected chi connectivity index (χ0v) is 10.7. The van der Waals surface area contributed by atoms with Gasteiger partial charge in [0.25, 0.3) is 0 Å². The van der Waals surface area contributed by atoms with Crippen LogP contribution in [0, 0.1) is 0 Å². The van der Waals surface area contributed by atoms with Crippen LogP contribution in [0.15, 0.2) is 24.3 Å². The van der Waals surface area contributed by atoms with Gasteiger partial charge in [0, 0.05) is 29.2 Å². The standard InChI is InChI=1S/C15H20N2/c1-3-9-17-10-8-13-12-6-4-5-7-14(12)16-15(13)11(17)2/h4-7,11,16H,3,8-10H2,1-2H3/t11-/m1/s1. The zero-order valence-electron chi connectivity index (χ0n) is 10.7. The molecule has 1 N–H and O–H groups in total. The second-order valence-corrected chi connectivity index (χ2v) is 5.02. The third kappa shape index (κ3) is 1.67. The van der Waals surface area contributed by atoms with Gasteiger partial charge in [0.1, 0.15) is 0 Å². The number of fused-ring (bicyclic) bond motifs is 3. The molecule has 0 spiro atoms. The lowest BCUT2D eigenvalue weighted by molar-refractivity contribution is 0.196. The summed E-state index contributed by atoms with van der Waals surface area (Å²) in [6.45, 7) is 6.98. The van der Waals surface area contributed by atoms with Gasteiger partial charge in [-0.3, -0.25) is 4.90 Å². The number of benzene rings is 1. The number of nitrogens with one attached hydrogen (secondary N) is 1. The van der Waals surface area contributed by atoms with Gasteiger partial charge in [-0.1, -0.05) is 25.1 Å². The number of para-hydroxylation sites is 1. The van der Waals surface area contributed by atoms with Crippen molar-refractivity contribution in [3.8, 4) is 0 Å². The quantitative estimate of drug-likeness (QED) is 0.833. The Hall–Kier alpha value is -1.28. The van der Waals surface area contributed by atoms with Crippen LogP contribution in [0.3, 0.4) is 0 Å². The molecule has 1 aliphatic heterocycles. The third-order valence-electron chi connectivity index (χ3n) is 3.97. The maximum atomic E-state index is 3.61. The van der Waals surface area contributed by atoms with Crippen LogP contribution in [-0.4, -0.2) is 23.0 Å². The van der Waals surface area contributed by atoms with Crippen LogP contribution in [0.25, 0.3) is 10.9 Å². The molecule has 0 bridgehead atoms. The monoisotopic (exact) mass is 228 g/mol. The molecule has 1 aromatic carbocycles. The molecule has 3 rings (SSSR count). The van der Waals surface area contributed by atoms with Gasteiger partial charge in [-0.2, -0.15) is 0 Å². The Morgan fingerprint density at radius 2 is 2.18 bits per heavy atom. The van der Waals surface area contributed by atoms with E-state index in [0.29, 0.717) is 6.04 Å². The minimum atomic E-state index is 0.533. The molecule has 0 fully saturated rings. The first-order chi connectivity index (χ1) is 8.31. The first kappa shape index (κ1) is 10.8. The Kier molecular flexibility index (Phi) is 2.67. The lowest BCUT2D eigenvalue weighted by Crippen LogP contribution is -2.34. The number of hydrogen-bond acceptors (Lipinski definition) is 1. The fourth-order valence-corrected chi connectivity index (χ4v) is 3.07. The molecular formula is C15H20N2. The van der Waals surface area contributed by atoms with Gasteiger partial charge >= 0.3 is 0 Å². The van der Waals surface area contributed by atoms with Gasteiger partial charge in [0.05, 0.1) is 0 Å². The molecule has 0 unspecified atom stereocenters. The van der Waals surface area contributed by atoms with Gasteiger partial charge < -0.3 is 4.98 Å². The first-order valence-electron chi connectivity index (χ1n) is 6.64. The van der Waals surface area contributed by atoms with Crippen molar-refractivity contribution in [2.45, 2.75) is 32.7 Å². The predicted octanol–water partition coefficient (Wildman–Crippen LogP) is 3.50. The molecular weight excluding hydrogens is 208 g/mol. The lowest BCUT2D eigenvalue weighted by atomic mass is 9.98. The van der Waals surface area contributed by atoms with E-state index in [2.05, 4.69) is 48.0 Å². The highest BCUT2D eigenvalue weighted by molar-refractivity contribution is 5.85. The molecule has 2 heterocycles. The molecule has 0 radical (unpaired) electrons. The molecule has 0 aliphatic carbocycles. The molecule has 1 atom stereocenters. The number of rotatable bonds is 2. The average Bonchev–Trinajstić information content (AvgIpc) is 2.73. The summed E-state index contributed by atoms with van der Waals surface area (Å²) >= 11 is 0. The lowest BCUT2D eigenvalue weighted by Gasteiger charge is -2.33. The number of aromatic nitrogens is 1. The van der Waals surface area contributed by atoms with E-state index in [9.17, 15) is 0 Å². The Morgan fingerprint density at radius 3 is 3.00 bits per heavy atom. The number of aromatic amines is 1. The van der Waals surface area contributed by atoms with Crippen molar-refractivity contribution in [1.29, 1.82) is 0 Å². The molecule has 2 nitrogen and oxygen atoms in total. The molecule has 0 saturated carbocycles. The summed E-state index contributed by atoms with van der Waals surface area (Å²) in [6.07, 6.45) is 2.42. The van der Waals surface area contributed by atoms with Crippen molar-refractivity contribution in [3.63, 3.8) is 0 Å². The second-order valence-electron chi connectivity index (χ2n) is 5.02. The SMILES string of the molecule is CCCN1CCc2c([nH]c3ccccc23)[C@H]1C. The van der Waals surface area contributed by atoms with E-state index in [1.54, 1.807) is 5.56 Å². The molecule has 1 aromatic heterocycles. The van der Waals surface area contributed by atoms with Gasteiger partial charge in [-0.25, -0.2) is 0 Å². The van der Waals surface area contributed by atoms with E-state index in [0.717, 1.165) is 0 Å². The highest BCUT2D eigenvalue weighted by atomic mass is 15.2. The smallest absolute Gasteiger partial charge is 0.0473 e. The molecule has 2 aromatic rings. The van der Waals surface area contributed by atoms with Gasteiger partial charge in [-0.05, 0) is 37.9 Å². The van der Waals surface area contributed by atoms with Crippen molar-refractivity contribution in [3.05, 3.63) is 35.5 Å². The Morgan fingerprint density at radius 1 is 1.35 bits per heavy atom. The molecule has 17 heavy (non-hydrogen) atoms. The van der Waals surface area contributed by atoms with Crippen molar-refractivity contribution >= 4 is 10.9 Å². The summed E-state index contributed by atoms with van der Waals surface area (Å²) in [5.74, 6) is 0. The molecule has 2 heteroatoms. The normalized spacial score (nSPS) is 20.7. The van der Waals surface area contributed by atoms with E-state index in [4.69, 9.17) is 0 Å². The largest absolute Gasteiger partial charge is 0.357 e. The zero-order chi connectivity index (χ0) is 11.8. The summed E-state index contributed by atoms with van der Waals surface area (Å²) in [5, 5.41) is 1.42. The van der Waals surface area contributed by atoms with Crippen LogP contribution in [0.2, 0.25) is 0 Å². The van der Waals surface area contributed by atoms with Crippen molar-refractivity contribution in [2.75, 3.05) is 13.1 Å².